The third-order valence-electron chi connectivity index (χ3n) is 5.05. The largest absolute Gasteiger partial charge is 0.388 e. The van der Waals surface area contributed by atoms with Gasteiger partial charge in [0.2, 0.25) is 5.91 Å². The minimum atomic E-state index is -0.411. The molecule has 0 saturated carbocycles. The molecule has 0 spiro atoms. The van der Waals surface area contributed by atoms with Crippen molar-refractivity contribution in [3.05, 3.63) is 35.9 Å². The molecule has 0 bridgehead atoms. The summed E-state index contributed by atoms with van der Waals surface area (Å²) in [4.78, 5) is 14.5. The lowest BCUT2D eigenvalue weighted by Gasteiger charge is -2.37. The van der Waals surface area contributed by atoms with Crippen LogP contribution in [0.4, 0.5) is 0 Å². The summed E-state index contributed by atoms with van der Waals surface area (Å²) in [5, 5.41) is 13.8. The van der Waals surface area contributed by atoms with Crippen molar-refractivity contribution < 1.29 is 9.90 Å². The summed E-state index contributed by atoms with van der Waals surface area (Å²) in [7, 11) is 0. The number of piperidine rings is 2. The van der Waals surface area contributed by atoms with Gasteiger partial charge in [0.25, 0.3) is 0 Å². The van der Waals surface area contributed by atoms with E-state index in [1.165, 1.54) is 6.42 Å². The zero-order valence-corrected chi connectivity index (χ0v) is 14.3. The molecular weight excluding hydrogens is 312 g/mol. The summed E-state index contributed by atoms with van der Waals surface area (Å²) in [6, 6.07) is 9.87. The van der Waals surface area contributed by atoms with Gasteiger partial charge in [0.15, 0.2) is 0 Å². The van der Waals surface area contributed by atoms with Crippen LogP contribution in [-0.2, 0) is 4.79 Å². The van der Waals surface area contributed by atoms with Crippen LogP contribution in [0, 0.1) is 5.92 Å². The van der Waals surface area contributed by atoms with Gasteiger partial charge in [-0.2, -0.15) is 0 Å². The fourth-order valence-corrected chi connectivity index (χ4v) is 3.64. The number of halogens is 1. The molecule has 128 valence electrons. The maximum Gasteiger partial charge on any atom is 0.239 e. The molecule has 1 amide bonds. The molecule has 5 heteroatoms. The van der Waals surface area contributed by atoms with Crippen molar-refractivity contribution in [2.45, 2.75) is 44.2 Å². The number of hydrogen-bond acceptors (Lipinski definition) is 3. The van der Waals surface area contributed by atoms with E-state index in [0.29, 0.717) is 0 Å². The van der Waals surface area contributed by atoms with Crippen LogP contribution in [0.15, 0.2) is 30.3 Å². The van der Waals surface area contributed by atoms with E-state index in [4.69, 9.17) is 0 Å². The fourth-order valence-electron chi connectivity index (χ4n) is 3.64. The molecule has 0 aliphatic carbocycles. The molecule has 2 unspecified atom stereocenters. The number of carbonyl (C=O) groups excluding carboxylic acids is 1. The third-order valence-corrected chi connectivity index (χ3v) is 5.05. The van der Waals surface area contributed by atoms with Gasteiger partial charge in [0.1, 0.15) is 0 Å². The highest BCUT2D eigenvalue weighted by Gasteiger charge is 2.31. The van der Waals surface area contributed by atoms with E-state index in [0.717, 1.165) is 50.9 Å². The minimum absolute atomic E-state index is 0. The molecule has 2 atom stereocenters. The lowest BCUT2D eigenvalue weighted by atomic mass is 9.87. The van der Waals surface area contributed by atoms with Gasteiger partial charge in [0.05, 0.1) is 12.1 Å². The molecule has 1 aromatic carbocycles. The maximum atomic E-state index is 12.5. The van der Waals surface area contributed by atoms with Gasteiger partial charge in [-0.3, -0.25) is 4.79 Å². The molecule has 23 heavy (non-hydrogen) atoms. The zero-order valence-electron chi connectivity index (χ0n) is 13.5. The first-order valence-electron chi connectivity index (χ1n) is 8.51. The molecule has 2 fully saturated rings. The van der Waals surface area contributed by atoms with Crippen molar-refractivity contribution in [2.75, 3.05) is 19.6 Å². The summed E-state index contributed by atoms with van der Waals surface area (Å²) in [6.07, 6.45) is 4.64. The van der Waals surface area contributed by atoms with E-state index < -0.39 is 6.10 Å². The highest BCUT2D eigenvalue weighted by molar-refractivity contribution is 5.85. The number of carbonyl (C=O) groups is 1. The van der Waals surface area contributed by atoms with Crippen LogP contribution in [0.2, 0.25) is 0 Å². The van der Waals surface area contributed by atoms with Crippen LogP contribution in [0.3, 0.4) is 0 Å². The Morgan fingerprint density at radius 1 is 1.13 bits per heavy atom. The van der Waals surface area contributed by atoms with E-state index in [9.17, 15) is 9.90 Å². The average Bonchev–Trinajstić information content (AvgIpc) is 2.62. The monoisotopic (exact) mass is 338 g/mol. The summed E-state index contributed by atoms with van der Waals surface area (Å²) < 4.78 is 0. The highest BCUT2D eigenvalue weighted by atomic mass is 35.5. The van der Waals surface area contributed by atoms with Gasteiger partial charge in [-0.05, 0) is 43.7 Å². The van der Waals surface area contributed by atoms with Crippen molar-refractivity contribution in [3.8, 4) is 0 Å². The first-order valence-corrected chi connectivity index (χ1v) is 8.51. The molecule has 2 N–H and O–H groups in total. The minimum Gasteiger partial charge on any atom is -0.388 e. The van der Waals surface area contributed by atoms with Gasteiger partial charge in [-0.1, -0.05) is 36.8 Å². The summed E-state index contributed by atoms with van der Waals surface area (Å²) in [6.45, 7) is 2.50. The Balaban J connectivity index is 0.00000192. The van der Waals surface area contributed by atoms with E-state index in [1.54, 1.807) is 0 Å². The normalized spacial score (nSPS) is 23.9. The number of hydrogen-bond donors (Lipinski definition) is 2. The predicted molar refractivity (Wildman–Crippen MR) is 93.6 cm³/mol. The lowest BCUT2D eigenvalue weighted by Crippen LogP contribution is -2.51. The van der Waals surface area contributed by atoms with Crippen molar-refractivity contribution >= 4 is 18.3 Å². The summed E-state index contributed by atoms with van der Waals surface area (Å²) >= 11 is 0. The standard InChI is InChI=1S/C18H26N2O2.ClH/c21-17(14-6-2-1-3-7-14)15-9-12-20(13-10-15)18(22)16-8-4-5-11-19-16;/h1-3,6-7,15-17,19,21H,4-5,8-13H2;1H. The molecule has 2 saturated heterocycles. The Bertz CT molecular complexity index is 483. The molecule has 4 nitrogen and oxygen atoms in total. The van der Waals surface area contributed by atoms with Gasteiger partial charge in [-0.15, -0.1) is 12.4 Å². The van der Waals surface area contributed by atoms with Gasteiger partial charge >= 0.3 is 0 Å². The van der Waals surface area contributed by atoms with Crippen LogP contribution in [0.1, 0.15) is 43.8 Å². The van der Waals surface area contributed by atoms with Crippen LogP contribution in [0.5, 0.6) is 0 Å². The molecule has 2 heterocycles. The molecule has 0 aromatic heterocycles. The average molecular weight is 339 g/mol. The lowest BCUT2D eigenvalue weighted by molar-refractivity contribution is -0.136. The van der Waals surface area contributed by atoms with Gasteiger partial charge in [-0.25, -0.2) is 0 Å². The molecule has 2 aliphatic heterocycles. The van der Waals surface area contributed by atoms with Crippen molar-refractivity contribution in [3.63, 3.8) is 0 Å². The second-order valence-electron chi connectivity index (χ2n) is 6.52. The predicted octanol–water partition coefficient (Wildman–Crippen LogP) is 2.52. The number of aliphatic hydroxyl groups excluding tert-OH is 1. The number of rotatable bonds is 3. The van der Waals surface area contributed by atoms with Gasteiger partial charge < -0.3 is 15.3 Å². The summed E-state index contributed by atoms with van der Waals surface area (Å²) in [5.41, 5.74) is 0.987. The van der Waals surface area contributed by atoms with Crippen molar-refractivity contribution in [2.24, 2.45) is 5.92 Å². The SMILES string of the molecule is Cl.O=C(C1CCCCN1)N1CCC(C(O)c2ccccc2)CC1. The van der Waals surface area contributed by atoms with E-state index >= 15 is 0 Å². The first-order chi connectivity index (χ1) is 10.8. The Morgan fingerprint density at radius 3 is 2.43 bits per heavy atom. The molecule has 1 aromatic rings. The van der Waals surface area contributed by atoms with Crippen LogP contribution in [0.25, 0.3) is 0 Å². The Kier molecular flexibility index (Phi) is 6.88. The van der Waals surface area contributed by atoms with Crippen LogP contribution >= 0.6 is 12.4 Å². The van der Waals surface area contributed by atoms with Crippen LogP contribution in [-0.4, -0.2) is 41.6 Å². The van der Waals surface area contributed by atoms with E-state index in [1.807, 2.05) is 35.2 Å². The Morgan fingerprint density at radius 2 is 1.83 bits per heavy atom. The number of nitrogens with zero attached hydrogens (tertiary/aromatic N) is 1. The van der Waals surface area contributed by atoms with E-state index in [2.05, 4.69) is 5.32 Å². The van der Waals surface area contributed by atoms with Crippen molar-refractivity contribution in [1.29, 1.82) is 0 Å². The summed E-state index contributed by atoms with van der Waals surface area (Å²) in [5.74, 6) is 0.512. The maximum absolute atomic E-state index is 12.5. The Labute approximate surface area is 144 Å². The zero-order chi connectivity index (χ0) is 15.4. The number of likely N-dealkylation sites (tertiary alicyclic amines) is 1. The Hall–Kier alpha value is -1.10. The second-order valence-corrected chi connectivity index (χ2v) is 6.52. The second kappa shape index (κ2) is 8.67. The third kappa shape index (κ3) is 4.46. The highest BCUT2D eigenvalue weighted by Crippen LogP contribution is 2.31. The topological polar surface area (TPSA) is 52.6 Å². The van der Waals surface area contributed by atoms with Crippen molar-refractivity contribution in [1.82, 2.24) is 10.2 Å². The van der Waals surface area contributed by atoms with E-state index in [-0.39, 0.29) is 30.3 Å². The number of aliphatic hydroxyl groups is 1. The number of amides is 1. The first kappa shape index (κ1) is 18.2. The molecule has 3 rings (SSSR count). The molecular formula is C18H27ClN2O2. The molecule has 2 aliphatic rings. The van der Waals surface area contributed by atoms with Crippen LogP contribution < -0.4 is 5.32 Å². The number of nitrogens with one attached hydrogen (secondary N) is 1. The van der Waals surface area contributed by atoms with Gasteiger partial charge in [0, 0.05) is 13.1 Å². The number of benzene rings is 1. The fraction of sp³-hybridized carbons (Fsp3) is 0.611. The molecule has 0 radical (unpaired) electrons. The quantitative estimate of drug-likeness (QED) is 0.890. The smallest absolute Gasteiger partial charge is 0.239 e.